The second-order valence-electron chi connectivity index (χ2n) is 6.72. The van der Waals surface area contributed by atoms with Crippen molar-refractivity contribution in [3.05, 3.63) is 89.5 Å². The van der Waals surface area contributed by atoms with Crippen LogP contribution in [-0.2, 0) is 6.42 Å². The van der Waals surface area contributed by atoms with Crippen molar-refractivity contribution in [3.63, 3.8) is 0 Å². The minimum atomic E-state index is -1.36. The van der Waals surface area contributed by atoms with Crippen molar-refractivity contribution in [1.29, 1.82) is 0 Å². The Kier molecular flexibility index (Phi) is 4.73. The van der Waals surface area contributed by atoms with E-state index in [9.17, 15) is 5.11 Å². The molecule has 0 radical (unpaired) electrons. The lowest BCUT2D eigenvalue weighted by Crippen LogP contribution is -2.20. The molecule has 0 aliphatic heterocycles. The van der Waals surface area contributed by atoms with E-state index in [4.69, 9.17) is 0 Å². The van der Waals surface area contributed by atoms with Gasteiger partial charge >= 0.3 is 0 Å². The third kappa shape index (κ3) is 3.37. The van der Waals surface area contributed by atoms with Crippen molar-refractivity contribution in [2.45, 2.75) is 13.3 Å². The molecule has 0 saturated heterocycles. The molecule has 0 bridgehead atoms. The van der Waals surface area contributed by atoms with E-state index in [1.807, 2.05) is 25.1 Å². The van der Waals surface area contributed by atoms with Gasteiger partial charge in [-0.15, -0.1) is 0 Å². The van der Waals surface area contributed by atoms with Gasteiger partial charge in [0.2, 0.25) is 0 Å². The molecule has 0 fully saturated rings. The quantitative estimate of drug-likeness (QED) is 0.695. The van der Waals surface area contributed by atoms with E-state index in [-0.39, 0.29) is 0 Å². The summed E-state index contributed by atoms with van der Waals surface area (Å²) in [6.07, 6.45) is 0.760. The first kappa shape index (κ1) is 16.7. The van der Waals surface area contributed by atoms with Gasteiger partial charge in [-0.05, 0) is 47.9 Å². The van der Waals surface area contributed by atoms with Crippen LogP contribution in [0.3, 0.4) is 0 Å². The number of aryl methyl sites for hydroxylation is 1. The highest BCUT2D eigenvalue weighted by atomic mass is 31.2. The fraction of sp³-hybridized carbons (Fsp3) is 0.182. The molecule has 1 N–H and O–H groups in total. The molecule has 3 rings (SSSR count). The van der Waals surface area contributed by atoms with Crippen molar-refractivity contribution in [1.82, 2.24) is 0 Å². The Morgan fingerprint density at radius 3 is 2.21 bits per heavy atom. The van der Waals surface area contributed by atoms with Crippen LogP contribution in [0.5, 0.6) is 5.75 Å². The van der Waals surface area contributed by atoms with Crippen LogP contribution >= 0.6 is 7.26 Å². The van der Waals surface area contributed by atoms with Crippen LogP contribution in [0.15, 0.2) is 72.8 Å². The second kappa shape index (κ2) is 6.79. The van der Waals surface area contributed by atoms with Gasteiger partial charge in [0, 0.05) is 6.42 Å². The monoisotopic (exact) mass is 335 g/mol. The Balaban J connectivity index is 1.93. The fourth-order valence-electron chi connectivity index (χ4n) is 3.05. The number of aromatic hydroxyl groups is 1. The van der Waals surface area contributed by atoms with E-state index in [0.717, 1.165) is 17.5 Å². The number of phenolic OH excluding ortho intramolecular Hbond substituents is 1. The van der Waals surface area contributed by atoms with Crippen molar-refractivity contribution in [2.75, 3.05) is 13.3 Å². The third-order valence-corrected chi connectivity index (χ3v) is 7.83. The lowest BCUT2D eigenvalue weighted by atomic mass is 10.0. The zero-order chi connectivity index (χ0) is 17.2. The molecule has 0 atom stereocenters. The average molecular weight is 335 g/mol. The maximum absolute atomic E-state index is 10.3. The van der Waals surface area contributed by atoms with Gasteiger partial charge in [0.15, 0.2) is 0 Å². The molecule has 2 heteroatoms. The zero-order valence-electron chi connectivity index (χ0n) is 14.5. The van der Waals surface area contributed by atoms with Gasteiger partial charge in [-0.3, -0.25) is 0 Å². The predicted molar refractivity (Wildman–Crippen MR) is 107 cm³/mol. The molecule has 0 aromatic heterocycles. The molecule has 0 heterocycles. The molecule has 3 aromatic carbocycles. The van der Waals surface area contributed by atoms with Crippen LogP contribution in [-0.4, -0.2) is 18.4 Å². The van der Waals surface area contributed by atoms with Gasteiger partial charge in [-0.1, -0.05) is 48.5 Å². The molecule has 0 amide bonds. The summed E-state index contributed by atoms with van der Waals surface area (Å²) in [6.45, 7) is 6.68. The largest absolute Gasteiger partial charge is 0.507 e. The third-order valence-electron chi connectivity index (χ3n) is 4.67. The number of hydrogen-bond donors (Lipinski definition) is 1. The van der Waals surface area contributed by atoms with Crippen LogP contribution in [0.4, 0.5) is 0 Å². The fourth-order valence-corrected chi connectivity index (χ4v) is 5.21. The van der Waals surface area contributed by atoms with Gasteiger partial charge < -0.3 is 5.11 Å². The summed E-state index contributed by atoms with van der Waals surface area (Å²) in [5, 5.41) is 13.1. The molecule has 0 aliphatic carbocycles. The Labute approximate surface area is 145 Å². The number of benzene rings is 3. The standard InChI is InChI=1S/C22H23OP/c1-17-9-7-11-19(22(17)23)15-18-10-8-14-21(16-18)24(2,3)20-12-5-4-6-13-20/h4-14,16H,15H2,1-3H3/p+1. The topological polar surface area (TPSA) is 20.2 Å². The van der Waals surface area contributed by atoms with E-state index in [2.05, 4.69) is 67.9 Å². The van der Waals surface area contributed by atoms with Crippen LogP contribution in [0.25, 0.3) is 0 Å². The maximum atomic E-state index is 10.3. The smallest absolute Gasteiger partial charge is 0.122 e. The van der Waals surface area contributed by atoms with E-state index < -0.39 is 7.26 Å². The van der Waals surface area contributed by atoms with E-state index in [0.29, 0.717) is 5.75 Å². The van der Waals surface area contributed by atoms with E-state index in [1.165, 1.54) is 16.2 Å². The first-order valence-electron chi connectivity index (χ1n) is 8.25. The van der Waals surface area contributed by atoms with Gasteiger partial charge in [0.1, 0.15) is 5.75 Å². The molecule has 24 heavy (non-hydrogen) atoms. The maximum Gasteiger partial charge on any atom is 0.122 e. The molecule has 0 aliphatic rings. The molecule has 3 aromatic rings. The molecular weight excluding hydrogens is 311 g/mol. The summed E-state index contributed by atoms with van der Waals surface area (Å²) >= 11 is 0. The lowest BCUT2D eigenvalue weighted by molar-refractivity contribution is 0.465. The number of para-hydroxylation sites is 1. The first-order chi connectivity index (χ1) is 11.5. The van der Waals surface area contributed by atoms with Gasteiger partial charge in [-0.25, -0.2) is 0 Å². The molecule has 0 spiro atoms. The molecule has 1 nitrogen and oxygen atoms in total. The van der Waals surface area contributed by atoms with Crippen LogP contribution in [0.2, 0.25) is 0 Å². The minimum absolute atomic E-state index is 0.417. The molecular formula is C22H24OP+. The van der Waals surface area contributed by atoms with Crippen LogP contribution in [0.1, 0.15) is 16.7 Å². The van der Waals surface area contributed by atoms with Gasteiger partial charge in [0.25, 0.3) is 0 Å². The predicted octanol–water partition coefficient (Wildman–Crippen LogP) is 4.52. The highest BCUT2D eigenvalue weighted by molar-refractivity contribution is 7.88. The average Bonchev–Trinajstić information content (AvgIpc) is 2.60. The Morgan fingerprint density at radius 2 is 1.46 bits per heavy atom. The zero-order valence-corrected chi connectivity index (χ0v) is 15.4. The minimum Gasteiger partial charge on any atom is -0.507 e. The van der Waals surface area contributed by atoms with Crippen molar-refractivity contribution in [3.8, 4) is 5.75 Å². The summed E-state index contributed by atoms with van der Waals surface area (Å²) in [5.41, 5.74) is 3.17. The highest BCUT2D eigenvalue weighted by Crippen LogP contribution is 2.48. The summed E-state index contributed by atoms with van der Waals surface area (Å²) in [4.78, 5) is 0. The number of rotatable bonds is 4. The normalized spacial score (nSPS) is 11.5. The first-order valence-corrected chi connectivity index (χ1v) is 10.9. The molecule has 0 unspecified atom stereocenters. The summed E-state index contributed by atoms with van der Waals surface area (Å²) < 4.78 is 0. The summed E-state index contributed by atoms with van der Waals surface area (Å²) in [6, 6.07) is 25.6. The van der Waals surface area contributed by atoms with Crippen molar-refractivity contribution >= 4 is 17.9 Å². The highest BCUT2D eigenvalue weighted by Gasteiger charge is 2.31. The second-order valence-corrected chi connectivity index (χ2v) is 10.7. The molecule has 0 saturated carbocycles. The number of phenols is 1. The summed E-state index contributed by atoms with van der Waals surface area (Å²) in [5.74, 6) is 0.417. The Hall–Kier alpha value is -2.11. The van der Waals surface area contributed by atoms with Gasteiger partial charge in [0.05, 0.1) is 31.2 Å². The van der Waals surface area contributed by atoms with Crippen molar-refractivity contribution in [2.24, 2.45) is 0 Å². The Morgan fingerprint density at radius 1 is 0.792 bits per heavy atom. The summed E-state index contributed by atoms with van der Waals surface area (Å²) in [7, 11) is -1.36. The van der Waals surface area contributed by atoms with E-state index >= 15 is 0 Å². The van der Waals surface area contributed by atoms with E-state index in [1.54, 1.807) is 0 Å². The van der Waals surface area contributed by atoms with Crippen molar-refractivity contribution < 1.29 is 5.11 Å². The number of hydrogen-bond acceptors (Lipinski definition) is 1. The molecule has 122 valence electrons. The SMILES string of the molecule is Cc1cccc(Cc2cccc([P+](C)(C)c3ccccc3)c2)c1O. The van der Waals surface area contributed by atoms with Gasteiger partial charge in [-0.2, -0.15) is 0 Å². The Bertz CT molecular complexity index is 838. The lowest BCUT2D eigenvalue weighted by Gasteiger charge is -2.18. The van der Waals surface area contributed by atoms with Crippen LogP contribution in [0, 0.1) is 6.92 Å². The van der Waals surface area contributed by atoms with Crippen LogP contribution < -0.4 is 10.6 Å².